The van der Waals surface area contributed by atoms with Gasteiger partial charge < -0.3 is 4.74 Å². The van der Waals surface area contributed by atoms with Crippen molar-refractivity contribution in [3.05, 3.63) is 23.0 Å². The zero-order valence-electron chi connectivity index (χ0n) is 5.97. The predicted octanol–water partition coefficient (Wildman–Crippen LogP) is 1.72. The zero-order valence-corrected chi connectivity index (χ0v) is 6.72. The highest BCUT2D eigenvalue weighted by atomic mass is 35.5. The van der Waals surface area contributed by atoms with Gasteiger partial charge in [0.25, 0.3) is 0 Å². The maximum Gasteiger partial charge on any atom is 0.144 e. The van der Waals surface area contributed by atoms with E-state index in [2.05, 4.69) is 10.9 Å². The molecule has 1 rings (SSSR count). The van der Waals surface area contributed by atoms with Gasteiger partial charge in [0.1, 0.15) is 10.9 Å². The third-order valence-corrected chi connectivity index (χ3v) is 1.51. The molecule has 1 heterocycles. The number of hydrogen-bond acceptors (Lipinski definition) is 2. The number of terminal acetylenes is 1. The molecule has 0 radical (unpaired) electrons. The molecular weight excluding hydrogens is 162 g/mol. The Kier molecular flexibility index (Phi) is 2.35. The molecule has 0 aromatic carbocycles. The van der Waals surface area contributed by atoms with Crippen LogP contribution in [0.2, 0.25) is 5.15 Å². The number of methoxy groups -OCH3 is 1. The molecule has 0 aliphatic rings. The van der Waals surface area contributed by atoms with Gasteiger partial charge in [-0.1, -0.05) is 17.5 Å². The van der Waals surface area contributed by atoms with Crippen molar-refractivity contribution in [2.24, 2.45) is 0 Å². The number of ether oxygens (including phenoxy) is 1. The zero-order chi connectivity index (χ0) is 8.27. The van der Waals surface area contributed by atoms with Gasteiger partial charge in [0.2, 0.25) is 0 Å². The van der Waals surface area contributed by atoms with Crippen molar-refractivity contribution < 1.29 is 4.74 Å². The fourth-order valence-electron chi connectivity index (χ4n) is 0.642. The summed E-state index contributed by atoms with van der Waals surface area (Å²) in [6.07, 6.45) is 6.66. The molecule has 0 saturated heterocycles. The molecular formula is C8H6ClNO. The normalized spacial score (nSPS) is 8.82. The lowest BCUT2D eigenvalue weighted by atomic mass is 10.3. The van der Waals surface area contributed by atoms with Crippen LogP contribution in [0.3, 0.4) is 0 Å². The van der Waals surface area contributed by atoms with Crippen molar-refractivity contribution in [3.63, 3.8) is 0 Å². The minimum atomic E-state index is 0.327. The quantitative estimate of drug-likeness (QED) is 0.470. The molecule has 3 heteroatoms. The van der Waals surface area contributed by atoms with Crippen molar-refractivity contribution in [2.45, 2.75) is 0 Å². The minimum Gasteiger partial charge on any atom is -0.495 e. The monoisotopic (exact) mass is 167 g/mol. The number of halogens is 1. The van der Waals surface area contributed by atoms with E-state index in [4.69, 9.17) is 22.8 Å². The number of aromatic nitrogens is 1. The summed E-state index contributed by atoms with van der Waals surface area (Å²) >= 11 is 5.64. The lowest BCUT2D eigenvalue weighted by molar-refractivity contribution is 0.413. The van der Waals surface area contributed by atoms with Gasteiger partial charge >= 0.3 is 0 Å². The molecule has 0 saturated carbocycles. The molecule has 0 N–H and O–H groups in total. The summed E-state index contributed by atoms with van der Waals surface area (Å²) in [4.78, 5) is 3.82. The van der Waals surface area contributed by atoms with Gasteiger partial charge in [0, 0.05) is 6.07 Å². The molecule has 0 fully saturated rings. The Balaban J connectivity index is 3.15. The highest BCUT2D eigenvalue weighted by Gasteiger charge is 1.99. The van der Waals surface area contributed by atoms with Crippen LogP contribution in [0.25, 0.3) is 0 Å². The average Bonchev–Trinajstić information content (AvgIpc) is 2.05. The first-order valence-electron chi connectivity index (χ1n) is 2.94. The van der Waals surface area contributed by atoms with E-state index in [0.717, 1.165) is 0 Å². The molecule has 0 atom stereocenters. The van der Waals surface area contributed by atoms with E-state index in [1.165, 1.54) is 6.20 Å². The highest BCUT2D eigenvalue weighted by Crippen LogP contribution is 2.17. The summed E-state index contributed by atoms with van der Waals surface area (Å²) in [5.74, 6) is 3.01. The van der Waals surface area contributed by atoms with E-state index < -0.39 is 0 Å². The summed E-state index contributed by atoms with van der Waals surface area (Å²) in [5, 5.41) is 0.327. The van der Waals surface area contributed by atoms with Crippen LogP contribution in [0.15, 0.2) is 12.3 Å². The largest absolute Gasteiger partial charge is 0.495 e. The van der Waals surface area contributed by atoms with Crippen LogP contribution in [0, 0.1) is 12.3 Å². The van der Waals surface area contributed by atoms with Crippen molar-refractivity contribution in [1.82, 2.24) is 4.98 Å². The van der Waals surface area contributed by atoms with Gasteiger partial charge in [-0.25, -0.2) is 4.98 Å². The summed E-state index contributed by atoms with van der Waals surface area (Å²) in [7, 11) is 1.55. The molecule has 0 spiro atoms. The van der Waals surface area contributed by atoms with Gasteiger partial charge in [-0.2, -0.15) is 0 Å². The Morgan fingerprint density at radius 3 is 3.00 bits per heavy atom. The third kappa shape index (κ3) is 1.63. The van der Waals surface area contributed by atoms with E-state index in [0.29, 0.717) is 16.5 Å². The second-order valence-electron chi connectivity index (χ2n) is 1.86. The fraction of sp³-hybridized carbons (Fsp3) is 0.125. The fourth-order valence-corrected chi connectivity index (χ4v) is 0.800. The van der Waals surface area contributed by atoms with E-state index >= 15 is 0 Å². The Morgan fingerprint density at radius 1 is 1.73 bits per heavy atom. The average molecular weight is 168 g/mol. The number of nitrogens with zero attached hydrogens (tertiary/aromatic N) is 1. The molecule has 0 aliphatic heterocycles. The molecule has 11 heavy (non-hydrogen) atoms. The van der Waals surface area contributed by atoms with Gasteiger partial charge in [0.05, 0.1) is 18.9 Å². The van der Waals surface area contributed by atoms with Crippen LogP contribution >= 0.6 is 11.6 Å². The van der Waals surface area contributed by atoms with Gasteiger partial charge in [-0.3, -0.25) is 0 Å². The second kappa shape index (κ2) is 3.27. The first-order chi connectivity index (χ1) is 5.27. The summed E-state index contributed by atoms with van der Waals surface area (Å²) in [6.45, 7) is 0. The molecule has 0 aliphatic carbocycles. The number of rotatable bonds is 1. The van der Waals surface area contributed by atoms with E-state index in [1.807, 2.05) is 0 Å². The Labute approximate surface area is 70.2 Å². The van der Waals surface area contributed by atoms with E-state index in [1.54, 1.807) is 13.2 Å². The standard InChI is InChI=1S/C8H6ClNO/c1-3-6-4-7(11-2)5-10-8(6)9/h1,4-5H,2H3. The Morgan fingerprint density at radius 2 is 2.45 bits per heavy atom. The van der Waals surface area contributed by atoms with Gasteiger partial charge in [-0.05, 0) is 0 Å². The molecule has 0 amide bonds. The number of pyridine rings is 1. The van der Waals surface area contributed by atoms with E-state index in [9.17, 15) is 0 Å². The molecule has 2 nitrogen and oxygen atoms in total. The maximum absolute atomic E-state index is 5.64. The molecule has 56 valence electrons. The summed E-state index contributed by atoms with van der Waals surface area (Å²) in [6, 6.07) is 1.66. The topological polar surface area (TPSA) is 22.1 Å². The van der Waals surface area contributed by atoms with Gasteiger partial charge in [0.15, 0.2) is 0 Å². The lowest BCUT2D eigenvalue weighted by Crippen LogP contribution is -1.87. The molecule has 1 aromatic rings. The summed E-state index contributed by atoms with van der Waals surface area (Å²) in [5.41, 5.74) is 0.547. The molecule has 1 aromatic heterocycles. The SMILES string of the molecule is C#Cc1cc(OC)cnc1Cl. The van der Waals surface area contributed by atoms with Gasteiger partial charge in [-0.15, -0.1) is 6.42 Å². The molecule has 0 bridgehead atoms. The van der Waals surface area contributed by atoms with Crippen molar-refractivity contribution in [1.29, 1.82) is 0 Å². The van der Waals surface area contributed by atoms with Crippen molar-refractivity contribution >= 4 is 11.6 Å². The maximum atomic E-state index is 5.64. The Bertz CT molecular complexity index is 303. The van der Waals surface area contributed by atoms with Crippen LogP contribution in [-0.4, -0.2) is 12.1 Å². The molecule has 0 unspecified atom stereocenters. The van der Waals surface area contributed by atoms with Crippen LogP contribution in [0.4, 0.5) is 0 Å². The smallest absolute Gasteiger partial charge is 0.144 e. The van der Waals surface area contributed by atoms with Crippen LogP contribution in [-0.2, 0) is 0 Å². The predicted molar refractivity (Wildman–Crippen MR) is 43.7 cm³/mol. The van der Waals surface area contributed by atoms with Crippen molar-refractivity contribution in [3.8, 4) is 18.1 Å². The highest BCUT2D eigenvalue weighted by molar-refractivity contribution is 6.30. The van der Waals surface area contributed by atoms with Crippen molar-refractivity contribution in [2.75, 3.05) is 7.11 Å². The first kappa shape index (κ1) is 7.90. The van der Waals surface area contributed by atoms with Crippen LogP contribution < -0.4 is 4.74 Å². The lowest BCUT2D eigenvalue weighted by Gasteiger charge is -1.99. The third-order valence-electron chi connectivity index (χ3n) is 1.21. The Hall–Kier alpha value is -1.20. The van der Waals surface area contributed by atoms with E-state index in [-0.39, 0.29) is 0 Å². The number of hydrogen-bond donors (Lipinski definition) is 0. The van der Waals surface area contributed by atoms with Crippen LogP contribution in [0.5, 0.6) is 5.75 Å². The minimum absolute atomic E-state index is 0.327. The van der Waals surface area contributed by atoms with Crippen LogP contribution in [0.1, 0.15) is 5.56 Å². The summed E-state index contributed by atoms with van der Waals surface area (Å²) < 4.78 is 4.89. The first-order valence-corrected chi connectivity index (χ1v) is 3.32. The second-order valence-corrected chi connectivity index (χ2v) is 2.22.